The van der Waals surface area contributed by atoms with Gasteiger partial charge in [0.25, 0.3) is 5.89 Å². The summed E-state index contributed by atoms with van der Waals surface area (Å²) >= 11 is 9.38. The lowest BCUT2D eigenvalue weighted by Crippen LogP contribution is -2.05. The van der Waals surface area contributed by atoms with Gasteiger partial charge in [-0.2, -0.15) is 0 Å². The Morgan fingerprint density at radius 3 is 2.61 bits per heavy atom. The van der Waals surface area contributed by atoms with E-state index in [9.17, 15) is 4.79 Å². The molecule has 0 radical (unpaired) electrons. The second kappa shape index (κ2) is 6.93. The first kappa shape index (κ1) is 15.7. The van der Waals surface area contributed by atoms with E-state index in [2.05, 4.69) is 26.1 Å². The van der Waals surface area contributed by atoms with Crippen molar-refractivity contribution in [3.05, 3.63) is 69.5 Å². The molecule has 1 heterocycles. The normalized spacial score (nSPS) is 10.5. The van der Waals surface area contributed by atoms with Crippen molar-refractivity contribution in [2.45, 2.75) is 6.61 Å². The molecule has 0 spiro atoms. The molecule has 2 aromatic carbocycles. The summed E-state index contributed by atoms with van der Waals surface area (Å²) in [6, 6.07) is 14.0. The maximum absolute atomic E-state index is 11.9. The van der Waals surface area contributed by atoms with Gasteiger partial charge >= 0.3 is 5.97 Å². The molecule has 116 valence electrons. The Bertz CT molecular complexity index is 833. The molecule has 0 aliphatic rings. The van der Waals surface area contributed by atoms with Gasteiger partial charge in [0.15, 0.2) is 6.61 Å². The fourth-order valence-electron chi connectivity index (χ4n) is 1.85. The highest BCUT2D eigenvalue weighted by Crippen LogP contribution is 2.26. The number of rotatable bonds is 4. The number of halogens is 2. The zero-order valence-corrected chi connectivity index (χ0v) is 14.0. The van der Waals surface area contributed by atoms with Crippen LogP contribution in [0.3, 0.4) is 0 Å². The van der Waals surface area contributed by atoms with Crippen molar-refractivity contribution in [2.24, 2.45) is 0 Å². The van der Waals surface area contributed by atoms with Crippen LogP contribution in [0.1, 0.15) is 16.2 Å². The molecule has 0 amide bonds. The predicted molar refractivity (Wildman–Crippen MR) is 88.0 cm³/mol. The Balaban J connectivity index is 1.67. The van der Waals surface area contributed by atoms with Crippen LogP contribution in [0.4, 0.5) is 0 Å². The molecule has 0 saturated heterocycles. The van der Waals surface area contributed by atoms with Crippen molar-refractivity contribution in [3.63, 3.8) is 0 Å². The fraction of sp³-hybridized carbons (Fsp3) is 0.0625. The van der Waals surface area contributed by atoms with Gasteiger partial charge in [-0.3, -0.25) is 0 Å². The molecule has 0 atom stereocenters. The maximum Gasteiger partial charge on any atom is 0.338 e. The minimum absolute atomic E-state index is 0.105. The number of carbonyl (C=O) groups is 1. The number of aromatic nitrogens is 2. The summed E-state index contributed by atoms with van der Waals surface area (Å²) in [6.07, 6.45) is 0. The van der Waals surface area contributed by atoms with Crippen LogP contribution in [0.5, 0.6) is 0 Å². The molecule has 1 aromatic heterocycles. The lowest BCUT2D eigenvalue weighted by atomic mass is 10.2. The van der Waals surface area contributed by atoms with Crippen LogP contribution in [0.15, 0.2) is 57.4 Å². The van der Waals surface area contributed by atoms with Gasteiger partial charge in [-0.1, -0.05) is 39.7 Å². The van der Waals surface area contributed by atoms with Gasteiger partial charge in [0.1, 0.15) is 0 Å². The third-order valence-electron chi connectivity index (χ3n) is 2.98. The smallest absolute Gasteiger partial charge is 0.338 e. The van der Waals surface area contributed by atoms with E-state index in [4.69, 9.17) is 20.8 Å². The summed E-state index contributed by atoms with van der Waals surface area (Å²) in [7, 11) is 0. The highest BCUT2D eigenvalue weighted by molar-refractivity contribution is 9.10. The van der Waals surface area contributed by atoms with Crippen molar-refractivity contribution < 1.29 is 13.9 Å². The molecule has 5 nitrogen and oxygen atoms in total. The topological polar surface area (TPSA) is 65.2 Å². The molecule has 0 N–H and O–H groups in total. The first-order valence-electron chi connectivity index (χ1n) is 6.63. The van der Waals surface area contributed by atoms with Gasteiger partial charge < -0.3 is 9.15 Å². The van der Waals surface area contributed by atoms with Crippen molar-refractivity contribution in [2.75, 3.05) is 0 Å². The number of esters is 1. The van der Waals surface area contributed by atoms with E-state index in [1.165, 1.54) is 0 Å². The molecule has 0 aliphatic heterocycles. The van der Waals surface area contributed by atoms with Crippen molar-refractivity contribution in [1.29, 1.82) is 0 Å². The standard InChI is InChI=1S/C16H10BrClN2O3/c17-11-7-5-10(6-8-11)16(21)22-9-14-19-20-15(23-14)12-3-1-2-4-13(12)18/h1-8H,9H2. The first-order valence-corrected chi connectivity index (χ1v) is 7.80. The van der Waals surface area contributed by atoms with Crippen molar-refractivity contribution in [3.8, 4) is 11.5 Å². The largest absolute Gasteiger partial charge is 0.452 e. The van der Waals surface area contributed by atoms with Crippen LogP contribution < -0.4 is 0 Å². The summed E-state index contributed by atoms with van der Waals surface area (Å²) in [5.41, 5.74) is 1.08. The van der Waals surface area contributed by atoms with Gasteiger partial charge in [0.05, 0.1) is 16.1 Å². The monoisotopic (exact) mass is 392 g/mol. The van der Waals surface area contributed by atoms with Gasteiger partial charge in [0.2, 0.25) is 5.89 Å². The van der Waals surface area contributed by atoms with Gasteiger partial charge in [-0.25, -0.2) is 4.79 Å². The third kappa shape index (κ3) is 3.78. The van der Waals surface area contributed by atoms with E-state index in [0.717, 1.165) is 4.47 Å². The molecule has 0 aliphatic carbocycles. The maximum atomic E-state index is 11.9. The summed E-state index contributed by atoms with van der Waals surface area (Å²) in [4.78, 5) is 11.9. The summed E-state index contributed by atoms with van der Waals surface area (Å²) in [6.45, 7) is -0.105. The molecule has 0 saturated carbocycles. The zero-order valence-electron chi connectivity index (χ0n) is 11.7. The summed E-state index contributed by atoms with van der Waals surface area (Å²) < 4.78 is 11.5. The average molecular weight is 394 g/mol. The van der Waals surface area contributed by atoms with Crippen LogP contribution in [-0.2, 0) is 11.3 Å². The Labute approximate surface area is 145 Å². The molecule has 7 heteroatoms. The summed E-state index contributed by atoms with van der Waals surface area (Å²) in [5, 5.41) is 8.27. The van der Waals surface area contributed by atoms with Gasteiger partial charge in [-0.05, 0) is 36.4 Å². The SMILES string of the molecule is O=C(OCc1nnc(-c2ccccc2Cl)o1)c1ccc(Br)cc1. The minimum atomic E-state index is -0.463. The Morgan fingerprint density at radius 2 is 1.87 bits per heavy atom. The molecule has 3 rings (SSSR count). The summed E-state index contributed by atoms with van der Waals surface area (Å²) in [5.74, 6) is 0.0191. The molecule has 0 fully saturated rings. The molecule has 0 bridgehead atoms. The molecular weight excluding hydrogens is 384 g/mol. The van der Waals surface area contributed by atoms with Gasteiger partial charge in [-0.15, -0.1) is 10.2 Å². The predicted octanol–water partition coefficient (Wildman–Crippen LogP) is 4.51. The zero-order chi connectivity index (χ0) is 16.2. The third-order valence-corrected chi connectivity index (χ3v) is 3.84. The Morgan fingerprint density at radius 1 is 1.13 bits per heavy atom. The van der Waals surface area contributed by atoms with E-state index in [-0.39, 0.29) is 18.4 Å². The lowest BCUT2D eigenvalue weighted by Gasteiger charge is -2.02. The van der Waals surface area contributed by atoms with Crippen molar-refractivity contribution in [1.82, 2.24) is 10.2 Å². The number of nitrogens with zero attached hydrogens (tertiary/aromatic N) is 2. The highest BCUT2D eigenvalue weighted by Gasteiger charge is 2.13. The van der Waals surface area contributed by atoms with Crippen molar-refractivity contribution >= 4 is 33.5 Å². The van der Waals surface area contributed by atoms with Crippen LogP contribution >= 0.6 is 27.5 Å². The Kier molecular flexibility index (Phi) is 4.73. The highest BCUT2D eigenvalue weighted by atomic mass is 79.9. The van der Waals surface area contributed by atoms with Gasteiger partial charge in [0, 0.05) is 4.47 Å². The number of carbonyl (C=O) groups excluding carboxylic acids is 1. The van der Waals surface area contributed by atoms with Crippen LogP contribution in [0.2, 0.25) is 5.02 Å². The fourth-order valence-corrected chi connectivity index (χ4v) is 2.33. The molecule has 0 unspecified atom stereocenters. The molecular formula is C16H10BrClN2O3. The van der Waals surface area contributed by atoms with Crippen LogP contribution in [-0.4, -0.2) is 16.2 Å². The molecule has 3 aromatic rings. The Hall–Kier alpha value is -2.18. The number of hydrogen-bond acceptors (Lipinski definition) is 5. The second-order valence-corrected chi connectivity index (χ2v) is 5.89. The van der Waals surface area contributed by atoms with Crippen LogP contribution in [0.25, 0.3) is 11.5 Å². The quantitative estimate of drug-likeness (QED) is 0.610. The van der Waals surface area contributed by atoms with E-state index in [0.29, 0.717) is 16.1 Å². The first-order chi connectivity index (χ1) is 11.1. The lowest BCUT2D eigenvalue weighted by molar-refractivity contribution is 0.0438. The average Bonchev–Trinajstić information content (AvgIpc) is 3.02. The second-order valence-electron chi connectivity index (χ2n) is 4.56. The van der Waals surface area contributed by atoms with E-state index < -0.39 is 5.97 Å². The molecule has 23 heavy (non-hydrogen) atoms. The van der Waals surface area contributed by atoms with E-state index >= 15 is 0 Å². The van der Waals surface area contributed by atoms with Crippen LogP contribution in [0, 0.1) is 0 Å². The number of benzene rings is 2. The van der Waals surface area contributed by atoms with E-state index in [1.807, 2.05) is 12.1 Å². The number of hydrogen-bond donors (Lipinski definition) is 0. The van der Waals surface area contributed by atoms with E-state index in [1.54, 1.807) is 36.4 Å². The minimum Gasteiger partial charge on any atom is -0.452 e. The number of ether oxygens (including phenoxy) is 1.